The van der Waals surface area contributed by atoms with Gasteiger partial charge in [-0.3, -0.25) is 4.79 Å². The van der Waals surface area contributed by atoms with Gasteiger partial charge in [0.25, 0.3) is 0 Å². The quantitative estimate of drug-likeness (QED) is 0.834. The van der Waals surface area contributed by atoms with E-state index in [1.165, 1.54) is 5.56 Å². The highest BCUT2D eigenvalue weighted by Gasteiger charge is 2.28. The number of carbonyl (C=O) groups is 1. The minimum absolute atomic E-state index is 0.124. The zero-order valence-electron chi connectivity index (χ0n) is 11.8. The first-order chi connectivity index (χ1) is 9.20. The van der Waals surface area contributed by atoms with Crippen molar-refractivity contribution >= 4 is 5.91 Å². The second-order valence-electron chi connectivity index (χ2n) is 5.29. The van der Waals surface area contributed by atoms with Gasteiger partial charge in [-0.05, 0) is 18.9 Å². The average molecular weight is 261 g/mol. The van der Waals surface area contributed by atoms with Gasteiger partial charge >= 0.3 is 0 Å². The van der Waals surface area contributed by atoms with Crippen LogP contribution in [0.4, 0.5) is 0 Å². The molecule has 0 saturated carbocycles. The van der Waals surface area contributed by atoms with Crippen LogP contribution in [0.3, 0.4) is 0 Å². The lowest BCUT2D eigenvalue weighted by Gasteiger charge is -2.38. The Morgan fingerprint density at radius 2 is 2.11 bits per heavy atom. The molecular weight excluding hydrogens is 238 g/mol. The number of hydrogen-bond acceptors (Lipinski definition) is 2. The van der Waals surface area contributed by atoms with Crippen LogP contribution in [0.1, 0.15) is 32.3 Å². The van der Waals surface area contributed by atoms with E-state index in [1.54, 1.807) is 0 Å². The Bertz CT molecular complexity index is 404. The molecule has 1 amide bonds. The highest BCUT2D eigenvalue weighted by atomic mass is 16.5. The molecule has 0 aliphatic carbocycles. The summed E-state index contributed by atoms with van der Waals surface area (Å²) in [6.07, 6.45) is 2.55. The molecule has 1 heterocycles. The van der Waals surface area contributed by atoms with Gasteiger partial charge in [-0.2, -0.15) is 0 Å². The first kappa shape index (κ1) is 14.1. The summed E-state index contributed by atoms with van der Waals surface area (Å²) >= 11 is 0. The van der Waals surface area contributed by atoms with Crippen molar-refractivity contribution in [1.82, 2.24) is 4.90 Å². The van der Waals surface area contributed by atoms with Crippen molar-refractivity contribution < 1.29 is 9.53 Å². The molecule has 19 heavy (non-hydrogen) atoms. The van der Waals surface area contributed by atoms with E-state index in [-0.39, 0.29) is 18.1 Å². The molecular formula is C16H23NO2. The summed E-state index contributed by atoms with van der Waals surface area (Å²) in [4.78, 5) is 14.1. The van der Waals surface area contributed by atoms with Gasteiger partial charge in [0.05, 0.1) is 18.8 Å². The minimum Gasteiger partial charge on any atom is -0.374 e. The first-order valence-corrected chi connectivity index (χ1v) is 7.15. The molecule has 2 unspecified atom stereocenters. The maximum absolute atomic E-state index is 12.1. The number of amides is 1. The van der Waals surface area contributed by atoms with Crippen molar-refractivity contribution in [3.63, 3.8) is 0 Å². The van der Waals surface area contributed by atoms with Crippen LogP contribution in [0.15, 0.2) is 30.3 Å². The molecule has 1 aromatic carbocycles. The van der Waals surface area contributed by atoms with Crippen LogP contribution in [0.25, 0.3) is 0 Å². The molecule has 0 bridgehead atoms. The number of rotatable bonds is 4. The highest BCUT2D eigenvalue weighted by molar-refractivity contribution is 5.76. The van der Waals surface area contributed by atoms with Gasteiger partial charge in [-0.15, -0.1) is 0 Å². The summed E-state index contributed by atoms with van der Waals surface area (Å²) in [5.74, 6) is 0.261. The van der Waals surface area contributed by atoms with Gasteiger partial charge in [0.2, 0.25) is 5.91 Å². The van der Waals surface area contributed by atoms with Crippen molar-refractivity contribution in [2.75, 3.05) is 13.2 Å². The lowest BCUT2D eigenvalue weighted by Crippen LogP contribution is -2.51. The minimum atomic E-state index is 0.124. The molecule has 0 radical (unpaired) electrons. The molecule has 1 fully saturated rings. The maximum atomic E-state index is 12.1. The van der Waals surface area contributed by atoms with E-state index >= 15 is 0 Å². The molecule has 1 aliphatic heterocycles. The van der Waals surface area contributed by atoms with Crippen molar-refractivity contribution in [2.24, 2.45) is 0 Å². The summed E-state index contributed by atoms with van der Waals surface area (Å²) in [6.45, 7) is 5.47. The van der Waals surface area contributed by atoms with Crippen LogP contribution in [0.5, 0.6) is 0 Å². The molecule has 104 valence electrons. The van der Waals surface area contributed by atoms with Gasteiger partial charge in [0.1, 0.15) is 0 Å². The van der Waals surface area contributed by atoms with E-state index in [9.17, 15) is 4.79 Å². The van der Waals surface area contributed by atoms with E-state index in [4.69, 9.17) is 4.74 Å². The molecule has 1 saturated heterocycles. The molecule has 0 spiro atoms. The summed E-state index contributed by atoms with van der Waals surface area (Å²) in [6, 6.07) is 10.5. The average Bonchev–Trinajstić information content (AvgIpc) is 2.42. The van der Waals surface area contributed by atoms with E-state index in [1.807, 2.05) is 30.0 Å². The van der Waals surface area contributed by atoms with Gasteiger partial charge < -0.3 is 9.64 Å². The van der Waals surface area contributed by atoms with Crippen LogP contribution in [-0.2, 0) is 16.0 Å². The van der Waals surface area contributed by atoms with E-state index in [0.717, 1.165) is 19.4 Å². The highest BCUT2D eigenvalue weighted by Crippen LogP contribution is 2.17. The zero-order chi connectivity index (χ0) is 13.7. The van der Waals surface area contributed by atoms with Crippen molar-refractivity contribution in [3.05, 3.63) is 35.9 Å². The molecule has 1 aliphatic rings. The summed E-state index contributed by atoms with van der Waals surface area (Å²) < 4.78 is 5.86. The van der Waals surface area contributed by atoms with Crippen LogP contribution in [-0.4, -0.2) is 36.1 Å². The largest absolute Gasteiger partial charge is 0.374 e. The lowest BCUT2D eigenvalue weighted by molar-refractivity contribution is -0.144. The second kappa shape index (κ2) is 6.71. The Kier molecular flexibility index (Phi) is 4.97. The Labute approximate surface area is 115 Å². The molecule has 0 N–H and O–H groups in total. The standard InChI is InChI=1S/C16H23NO2/c1-3-7-16(18)17-11-15(19-12-13(17)2)10-14-8-5-4-6-9-14/h4-6,8-9,13,15H,3,7,10-12H2,1-2H3. The van der Waals surface area contributed by atoms with Crippen LogP contribution in [0, 0.1) is 0 Å². The smallest absolute Gasteiger partial charge is 0.222 e. The number of hydrogen-bond donors (Lipinski definition) is 0. The molecule has 0 aromatic heterocycles. The van der Waals surface area contributed by atoms with Gasteiger partial charge in [0.15, 0.2) is 0 Å². The Hall–Kier alpha value is -1.35. The topological polar surface area (TPSA) is 29.5 Å². The number of benzene rings is 1. The normalized spacial score (nSPS) is 23.4. The maximum Gasteiger partial charge on any atom is 0.222 e. The SMILES string of the molecule is CCCC(=O)N1CC(Cc2ccccc2)OCC1C. The third-order valence-electron chi connectivity index (χ3n) is 3.60. The number of ether oxygens (including phenoxy) is 1. The molecule has 2 atom stereocenters. The van der Waals surface area contributed by atoms with E-state index in [2.05, 4.69) is 19.1 Å². The number of nitrogens with zero attached hydrogens (tertiary/aromatic N) is 1. The molecule has 3 nitrogen and oxygen atoms in total. The first-order valence-electron chi connectivity index (χ1n) is 7.15. The Morgan fingerprint density at radius 1 is 1.37 bits per heavy atom. The van der Waals surface area contributed by atoms with Crippen molar-refractivity contribution in [3.8, 4) is 0 Å². The Balaban J connectivity index is 1.95. The fraction of sp³-hybridized carbons (Fsp3) is 0.562. The Morgan fingerprint density at radius 3 is 2.79 bits per heavy atom. The van der Waals surface area contributed by atoms with E-state index in [0.29, 0.717) is 13.0 Å². The predicted molar refractivity (Wildman–Crippen MR) is 76.0 cm³/mol. The monoisotopic (exact) mass is 261 g/mol. The van der Waals surface area contributed by atoms with Gasteiger partial charge in [-0.25, -0.2) is 0 Å². The fourth-order valence-electron chi connectivity index (χ4n) is 2.52. The molecule has 3 heteroatoms. The van der Waals surface area contributed by atoms with E-state index < -0.39 is 0 Å². The summed E-state index contributed by atoms with van der Waals surface area (Å²) in [7, 11) is 0. The third kappa shape index (κ3) is 3.80. The number of morpholine rings is 1. The van der Waals surface area contributed by atoms with Crippen LogP contribution >= 0.6 is 0 Å². The summed E-state index contributed by atoms with van der Waals surface area (Å²) in [5, 5.41) is 0. The van der Waals surface area contributed by atoms with Gasteiger partial charge in [-0.1, -0.05) is 37.3 Å². The number of carbonyl (C=O) groups excluding carboxylic acids is 1. The fourth-order valence-corrected chi connectivity index (χ4v) is 2.52. The van der Waals surface area contributed by atoms with Crippen molar-refractivity contribution in [1.29, 1.82) is 0 Å². The zero-order valence-corrected chi connectivity index (χ0v) is 11.8. The van der Waals surface area contributed by atoms with Crippen molar-refractivity contribution in [2.45, 2.75) is 45.3 Å². The lowest BCUT2D eigenvalue weighted by atomic mass is 10.0. The molecule has 2 rings (SSSR count). The van der Waals surface area contributed by atoms with Gasteiger partial charge in [0, 0.05) is 19.4 Å². The summed E-state index contributed by atoms with van der Waals surface area (Å²) in [5.41, 5.74) is 1.27. The van der Waals surface area contributed by atoms with Crippen LogP contribution in [0.2, 0.25) is 0 Å². The van der Waals surface area contributed by atoms with Crippen LogP contribution < -0.4 is 0 Å². The second-order valence-corrected chi connectivity index (χ2v) is 5.29. The predicted octanol–water partition coefficient (Wildman–Crippen LogP) is 2.65. The molecule has 1 aromatic rings. The third-order valence-corrected chi connectivity index (χ3v) is 3.60.